The first-order valence-electron chi connectivity index (χ1n) is 7.79. The number of hydrogen-bond acceptors (Lipinski definition) is 2. The molecule has 0 atom stereocenters. The number of benzene rings is 1. The molecule has 0 aromatic heterocycles. The molecule has 1 fully saturated rings. The minimum absolute atomic E-state index is 0.0773. The van der Waals surface area contributed by atoms with Crippen molar-refractivity contribution in [1.82, 2.24) is 5.32 Å². The van der Waals surface area contributed by atoms with Gasteiger partial charge in [0.1, 0.15) is 0 Å². The van der Waals surface area contributed by atoms with E-state index in [1.165, 1.54) is 5.56 Å². The van der Waals surface area contributed by atoms with Crippen LogP contribution in [0.2, 0.25) is 0 Å². The average molecular weight is 288 g/mol. The molecule has 2 rings (SSSR count). The van der Waals surface area contributed by atoms with E-state index >= 15 is 0 Å². The maximum Gasteiger partial charge on any atom is 0.228 e. The molecular formula is C18H28N2O. The third-order valence-electron chi connectivity index (χ3n) is 5.19. The predicted molar refractivity (Wildman–Crippen MR) is 88.1 cm³/mol. The highest BCUT2D eigenvalue weighted by atomic mass is 16.2. The van der Waals surface area contributed by atoms with Crippen LogP contribution in [0.5, 0.6) is 0 Å². The van der Waals surface area contributed by atoms with Crippen molar-refractivity contribution >= 4 is 11.6 Å². The first-order chi connectivity index (χ1) is 9.66. The van der Waals surface area contributed by atoms with E-state index in [-0.39, 0.29) is 22.7 Å². The molecule has 21 heavy (non-hydrogen) atoms. The Labute approximate surface area is 128 Å². The summed E-state index contributed by atoms with van der Waals surface area (Å²) < 4.78 is 0. The summed E-state index contributed by atoms with van der Waals surface area (Å²) in [6.07, 6.45) is 0. The molecule has 2 N–H and O–H groups in total. The van der Waals surface area contributed by atoms with Gasteiger partial charge in [0.25, 0.3) is 0 Å². The normalized spacial score (nSPS) is 19.6. The third-order valence-corrected chi connectivity index (χ3v) is 5.19. The minimum atomic E-state index is 0.0773. The Hall–Kier alpha value is -1.35. The molecule has 3 heteroatoms. The Morgan fingerprint density at radius 2 is 1.81 bits per heavy atom. The van der Waals surface area contributed by atoms with Crippen LogP contribution >= 0.6 is 0 Å². The zero-order valence-electron chi connectivity index (χ0n) is 14.1. The van der Waals surface area contributed by atoms with Gasteiger partial charge in [0, 0.05) is 24.2 Å². The predicted octanol–water partition coefficient (Wildman–Crippen LogP) is 3.81. The quantitative estimate of drug-likeness (QED) is 0.865. The number of rotatable bonds is 5. The first kappa shape index (κ1) is 16.0. The smallest absolute Gasteiger partial charge is 0.228 e. The Morgan fingerprint density at radius 1 is 1.19 bits per heavy atom. The van der Waals surface area contributed by atoms with E-state index < -0.39 is 0 Å². The molecule has 0 saturated heterocycles. The number of carbonyl (C=O) groups excluding carboxylic acids is 1. The molecule has 1 aromatic rings. The molecule has 1 aliphatic carbocycles. The van der Waals surface area contributed by atoms with Crippen LogP contribution in [0.3, 0.4) is 0 Å². The summed E-state index contributed by atoms with van der Waals surface area (Å²) >= 11 is 0. The number of amides is 1. The van der Waals surface area contributed by atoms with E-state index in [4.69, 9.17) is 0 Å². The maximum atomic E-state index is 12.5. The number of anilines is 1. The van der Waals surface area contributed by atoms with Crippen LogP contribution in [-0.2, 0) is 11.3 Å². The van der Waals surface area contributed by atoms with Gasteiger partial charge in [-0.05, 0) is 28.5 Å². The van der Waals surface area contributed by atoms with Crippen molar-refractivity contribution < 1.29 is 4.79 Å². The van der Waals surface area contributed by atoms with Crippen molar-refractivity contribution in [3.05, 3.63) is 29.8 Å². The Bertz CT molecular complexity index is 518. The van der Waals surface area contributed by atoms with E-state index in [1.54, 1.807) is 0 Å². The highest BCUT2D eigenvalue weighted by molar-refractivity contribution is 5.96. The SMILES string of the molecule is CC(C)NCc1cccc(NC(=O)C2C(C)(C)C2(C)C)c1. The monoisotopic (exact) mass is 288 g/mol. The first-order valence-corrected chi connectivity index (χ1v) is 7.79. The van der Waals surface area contributed by atoms with Gasteiger partial charge in [-0.2, -0.15) is 0 Å². The summed E-state index contributed by atoms with van der Waals surface area (Å²) in [7, 11) is 0. The highest BCUT2D eigenvalue weighted by Gasteiger charge is 2.68. The van der Waals surface area contributed by atoms with Crippen LogP contribution < -0.4 is 10.6 Å². The van der Waals surface area contributed by atoms with Crippen molar-refractivity contribution in [2.24, 2.45) is 16.7 Å². The molecule has 1 aromatic carbocycles. The van der Waals surface area contributed by atoms with Crippen LogP contribution in [0.25, 0.3) is 0 Å². The molecule has 0 unspecified atom stereocenters. The average Bonchev–Trinajstić information content (AvgIpc) is 2.77. The van der Waals surface area contributed by atoms with Crippen molar-refractivity contribution in [3.63, 3.8) is 0 Å². The van der Waals surface area contributed by atoms with Crippen LogP contribution in [0, 0.1) is 16.7 Å². The fourth-order valence-electron chi connectivity index (χ4n) is 3.15. The molecule has 0 bridgehead atoms. The topological polar surface area (TPSA) is 41.1 Å². The van der Waals surface area contributed by atoms with Crippen LogP contribution in [0.4, 0.5) is 5.69 Å². The molecule has 0 aliphatic heterocycles. The summed E-state index contributed by atoms with van der Waals surface area (Å²) in [5.41, 5.74) is 2.24. The van der Waals surface area contributed by atoms with Crippen LogP contribution in [0.15, 0.2) is 24.3 Å². The maximum absolute atomic E-state index is 12.5. The van der Waals surface area contributed by atoms with Gasteiger partial charge in [0.2, 0.25) is 5.91 Å². The molecule has 0 heterocycles. The fourth-order valence-corrected chi connectivity index (χ4v) is 3.15. The summed E-state index contributed by atoms with van der Waals surface area (Å²) in [6.45, 7) is 13.7. The lowest BCUT2D eigenvalue weighted by molar-refractivity contribution is -0.118. The molecule has 1 aliphatic rings. The van der Waals surface area contributed by atoms with Crippen molar-refractivity contribution in [2.75, 3.05) is 5.32 Å². The summed E-state index contributed by atoms with van der Waals surface area (Å²) in [5.74, 6) is 0.224. The van der Waals surface area contributed by atoms with E-state index in [1.807, 2.05) is 12.1 Å². The standard InChI is InChI=1S/C18H28N2O/c1-12(2)19-11-13-8-7-9-14(10-13)20-16(21)15-17(3,4)18(15,5)6/h7-10,12,15,19H,11H2,1-6H3,(H,20,21). The molecule has 1 saturated carbocycles. The lowest BCUT2D eigenvalue weighted by Crippen LogP contribution is -2.22. The second-order valence-electron chi connectivity index (χ2n) is 7.60. The number of hydrogen-bond donors (Lipinski definition) is 2. The summed E-state index contributed by atoms with van der Waals surface area (Å²) in [6, 6.07) is 8.54. The largest absolute Gasteiger partial charge is 0.326 e. The van der Waals surface area contributed by atoms with E-state index in [2.05, 4.69) is 64.3 Å². The minimum Gasteiger partial charge on any atom is -0.326 e. The second kappa shape index (κ2) is 5.45. The zero-order chi connectivity index (χ0) is 15.8. The number of nitrogens with one attached hydrogen (secondary N) is 2. The van der Waals surface area contributed by atoms with Crippen LogP contribution in [-0.4, -0.2) is 11.9 Å². The molecule has 1 amide bonds. The van der Waals surface area contributed by atoms with E-state index in [0.29, 0.717) is 6.04 Å². The summed E-state index contributed by atoms with van der Waals surface area (Å²) in [5, 5.41) is 6.47. The van der Waals surface area contributed by atoms with Gasteiger partial charge < -0.3 is 10.6 Å². The lowest BCUT2D eigenvalue weighted by atomic mass is 10.0. The van der Waals surface area contributed by atoms with Crippen molar-refractivity contribution in [1.29, 1.82) is 0 Å². The van der Waals surface area contributed by atoms with Gasteiger partial charge in [0.05, 0.1) is 0 Å². The molecule has 3 nitrogen and oxygen atoms in total. The van der Waals surface area contributed by atoms with Gasteiger partial charge in [0.15, 0.2) is 0 Å². The Kier molecular flexibility index (Phi) is 4.16. The molecular weight excluding hydrogens is 260 g/mol. The van der Waals surface area contributed by atoms with Gasteiger partial charge >= 0.3 is 0 Å². The fraction of sp³-hybridized carbons (Fsp3) is 0.611. The molecule has 116 valence electrons. The lowest BCUT2D eigenvalue weighted by Gasteiger charge is -2.11. The highest BCUT2D eigenvalue weighted by Crippen LogP contribution is 2.68. The van der Waals surface area contributed by atoms with Gasteiger partial charge in [-0.1, -0.05) is 53.7 Å². The van der Waals surface area contributed by atoms with Gasteiger partial charge in [-0.25, -0.2) is 0 Å². The van der Waals surface area contributed by atoms with Crippen molar-refractivity contribution in [3.8, 4) is 0 Å². The number of carbonyl (C=O) groups is 1. The van der Waals surface area contributed by atoms with Crippen LogP contribution in [0.1, 0.15) is 47.1 Å². The van der Waals surface area contributed by atoms with Crippen molar-refractivity contribution in [2.45, 2.75) is 54.1 Å². The second-order valence-corrected chi connectivity index (χ2v) is 7.60. The Balaban J connectivity index is 2.01. The Morgan fingerprint density at radius 3 is 2.33 bits per heavy atom. The molecule has 0 radical (unpaired) electrons. The van der Waals surface area contributed by atoms with E-state index in [9.17, 15) is 4.79 Å². The van der Waals surface area contributed by atoms with Gasteiger partial charge in [-0.15, -0.1) is 0 Å². The summed E-state index contributed by atoms with van der Waals surface area (Å²) in [4.78, 5) is 12.5. The third kappa shape index (κ3) is 3.13. The van der Waals surface area contributed by atoms with Gasteiger partial charge in [-0.3, -0.25) is 4.79 Å². The zero-order valence-corrected chi connectivity index (χ0v) is 14.1. The molecule has 0 spiro atoms. The van der Waals surface area contributed by atoms with E-state index in [0.717, 1.165) is 12.2 Å².